The monoisotopic (exact) mass is 328 g/mol. The lowest BCUT2D eigenvalue weighted by molar-refractivity contribution is -0.138. The molecule has 0 aliphatic heterocycles. The first-order valence-electron chi connectivity index (χ1n) is 9.20. The van der Waals surface area contributed by atoms with Gasteiger partial charge in [-0.05, 0) is 20.0 Å². The Bertz CT molecular complexity index is 309. The largest absolute Gasteiger partial charge is 0.480 e. The molecule has 0 unspecified atom stereocenters. The number of nitrogens with zero attached hydrogens (tertiary/aromatic N) is 1. The highest BCUT2D eigenvalue weighted by atomic mass is 16.4. The smallest absolute Gasteiger partial charge is 0.317 e. The Morgan fingerprint density at radius 1 is 0.870 bits per heavy atom. The van der Waals surface area contributed by atoms with Crippen LogP contribution in [0.25, 0.3) is 0 Å². The van der Waals surface area contributed by atoms with E-state index < -0.39 is 5.97 Å². The summed E-state index contributed by atoms with van der Waals surface area (Å²) in [6.45, 7) is 3.41. The Morgan fingerprint density at radius 2 is 1.39 bits per heavy atom. The van der Waals surface area contributed by atoms with Crippen molar-refractivity contribution in [1.82, 2.24) is 10.2 Å². The predicted molar refractivity (Wildman–Crippen MR) is 94.9 cm³/mol. The van der Waals surface area contributed by atoms with Crippen LogP contribution in [0.15, 0.2) is 0 Å². The Kier molecular flexibility index (Phi) is 15.3. The lowest BCUT2D eigenvalue weighted by Gasteiger charge is -2.19. The van der Waals surface area contributed by atoms with E-state index >= 15 is 0 Å². The quantitative estimate of drug-likeness (QED) is 0.402. The van der Waals surface area contributed by atoms with Gasteiger partial charge < -0.3 is 10.4 Å². The van der Waals surface area contributed by atoms with Gasteiger partial charge in [-0.15, -0.1) is 0 Å². The normalized spacial score (nSPS) is 11.1. The molecule has 0 saturated heterocycles. The molecule has 0 spiro atoms. The summed E-state index contributed by atoms with van der Waals surface area (Å²) in [7, 11) is 1.72. The zero-order valence-corrected chi connectivity index (χ0v) is 15.1. The van der Waals surface area contributed by atoms with E-state index in [4.69, 9.17) is 5.11 Å². The summed E-state index contributed by atoms with van der Waals surface area (Å²) in [5.74, 6) is -0.824. The number of aliphatic carboxylic acids is 1. The molecule has 2 N–H and O–H groups in total. The number of hydrogen-bond donors (Lipinski definition) is 2. The molecule has 0 aromatic carbocycles. The van der Waals surface area contributed by atoms with Crippen LogP contribution in [-0.4, -0.2) is 55.0 Å². The van der Waals surface area contributed by atoms with E-state index in [2.05, 4.69) is 12.2 Å². The van der Waals surface area contributed by atoms with Gasteiger partial charge in [0.2, 0.25) is 0 Å². The third-order valence-electron chi connectivity index (χ3n) is 3.96. The van der Waals surface area contributed by atoms with Crippen LogP contribution in [0.5, 0.6) is 0 Å². The maximum Gasteiger partial charge on any atom is 0.317 e. The van der Waals surface area contributed by atoms with Crippen molar-refractivity contribution in [2.24, 2.45) is 0 Å². The van der Waals surface area contributed by atoms with Crippen LogP contribution in [0, 0.1) is 0 Å². The molecule has 5 nitrogen and oxygen atoms in total. The van der Waals surface area contributed by atoms with E-state index in [0.29, 0.717) is 13.1 Å². The van der Waals surface area contributed by atoms with Crippen molar-refractivity contribution < 1.29 is 14.7 Å². The Labute approximate surface area is 141 Å². The number of likely N-dealkylation sites (N-methyl/N-ethyl adjacent to an activating group) is 1. The molecule has 5 heteroatoms. The average Bonchev–Trinajstić information content (AvgIpc) is 2.48. The molecule has 0 fully saturated rings. The number of nitrogens with one attached hydrogen (secondary N) is 1. The Morgan fingerprint density at radius 3 is 1.87 bits per heavy atom. The van der Waals surface area contributed by atoms with Gasteiger partial charge in [0.25, 0.3) is 0 Å². The van der Waals surface area contributed by atoms with Gasteiger partial charge in [0.05, 0.1) is 19.6 Å². The number of unbranched alkanes of at least 4 members (excludes halogenated alkanes) is 9. The van der Waals surface area contributed by atoms with Crippen LogP contribution in [0.2, 0.25) is 0 Å². The van der Waals surface area contributed by atoms with Crippen molar-refractivity contribution in [3.63, 3.8) is 0 Å². The number of rotatable bonds is 17. The van der Waals surface area contributed by atoms with Crippen LogP contribution >= 0.6 is 0 Å². The van der Waals surface area contributed by atoms with Gasteiger partial charge in [0.1, 0.15) is 0 Å². The van der Waals surface area contributed by atoms with Crippen molar-refractivity contribution >= 4 is 11.8 Å². The second-order valence-electron chi connectivity index (χ2n) is 6.36. The van der Waals surface area contributed by atoms with Gasteiger partial charge in [-0.2, -0.15) is 0 Å². The molecule has 23 heavy (non-hydrogen) atoms. The van der Waals surface area contributed by atoms with Crippen LogP contribution in [-0.2, 0) is 9.59 Å². The molecular weight excluding hydrogens is 292 g/mol. The van der Waals surface area contributed by atoms with Gasteiger partial charge in [-0.25, -0.2) is 0 Å². The predicted octanol–water partition coefficient (Wildman–Crippen LogP) is 3.08. The molecule has 0 aliphatic rings. The van der Waals surface area contributed by atoms with Gasteiger partial charge >= 0.3 is 5.97 Å². The number of hydrogen-bond acceptors (Lipinski definition) is 4. The van der Waals surface area contributed by atoms with Crippen molar-refractivity contribution in [2.75, 3.05) is 33.2 Å². The van der Waals surface area contributed by atoms with Gasteiger partial charge in [-0.3, -0.25) is 14.5 Å². The molecule has 0 aromatic heterocycles. The molecule has 0 aliphatic carbocycles. The SMILES string of the molecule is CCCCCCCCCCCCN(CC(=O)O)CC(=O)CNC. The maximum absolute atomic E-state index is 11.6. The second kappa shape index (κ2) is 15.9. The Balaban J connectivity index is 3.66. The summed E-state index contributed by atoms with van der Waals surface area (Å²) in [6.07, 6.45) is 12.6. The standard InChI is InChI=1S/C18H36N2O3/c1-3-4-5-6-7-8-9-10-11-12-13-20(16-18(22)23)15-17(21)14-19-2/h19H,3-16H2,1-2H3,(H,22,23). The number of Topliss-reactive ketones (excluding diaryl/α,β-unsaturated/α-hetero) is 1. The Hall–Kier alpha value is -0.940. The number of carboxylic acids is 1. The van der Waals surface area contributed by atoms with Crippen LogP contribution in [0.4, 0.5) is 0 Å². The summed E-state index contributed by atoms with van der Waals surface area (Å²) in [5, 5.41) is 11.7. The fourth-order valence-corrected chi connectivity index (χ4v) is 2.73. The van der Waals surface area contributed by atoms with Crippen molar-refractivity contribution in [3.8, 4) is 0 Å². The number of ketones is 1. The lowest BCUT2D eigenvalue weighted by Crippen LogP contribution is -2.38. The minimum atomic E-state index is -0.866. The molecule has 0 atom stereocenters. The molecule has 0 amide bonds. The first-order chi connectivity index (χ1) is 11.1. The zero-order valence-electron chi connectivity index (χ0n) is 15.1. The van der Waals surface area contributed by atoms with Crippen molar-refractivity contribution in [1.29, 1.82) is 0 Å². The summed E-state index contributed by atoms with van der Waals surface area (Å²) in [5.41, 5.74) is 0. The lowest BCUT2D eigenvalue weighted by atomic mass is 10.1. The molecule has 0 aromatic rings. The van der Waals surface area contributed by atoms with E-state index in [-0.39, 0.29) is 18.9 Å². The summed E-state index contributed by atoms with van der Waals surface area (Å²) >= 11 is 0. The van der Waals surface area contributed by atoms with E-state index in [1.54, 1.807) is 11.9 Å². The molecule has 136 valence electrons. The van der Waals surface area contributed by atoms with Gasteiger partial charge in [-0.1, -0.05) is 64.7 Å². The maximum atomic E-state index is 11.6. The fourth-order valence-electron chi connectivity index (χ4n) is 2.73. The molecule has 0 radical (unpaired) electrons. The van der Waals surface area contributed by atoms with Crippen molar-refractivity contribution in [2.45, 2.75) is 71.1 Å². The van der Waals surface area contributed by atoms with E-state index in [9.17, 15) is 9.59 Å². The first kappa shape index (κ1) is 22.1. The summed E-state index contributed by atoms with van der Waals surface area (Å²) in [4.78, 5) is 24.2. The van der Waals surface area contributed by atoms with E-state index in [1.165, 1.54) is 51.4 Å². The molecular formula is C18H36N2O3. The van der Waals surface area contributed by atoms with Crippen LogP contribution < -0.4 is 5.32 Å². The summed E-state index contributed by atoms with van der Waals surface area (Å²) < 4.78 is 0. The van der Waals surface area contributed by atoms with E-state index in [1.807, 2.05) is 0 Å². The molecule has 0 bridgehead atoms. The molecule has 0 heterocycles. The van der Waals surface area contributed by atoms with E-state index in [0.717, 1.165) is 12.8 Å². The third kappa shape index (κ3) is 15.7. The van der Waals surface area contributed by atoms with Gasteiger partial charge in [0, 0.05) is 0 Å². The fraction of sp³-hybridized carbons (Fsp3) is 0.889. The second-order valence-corrected chi connectivity index (χ2v) is 6.36. The van der Waals surface area contributed by atoms with Gasteiger partial charge in [0.15, 0.2) is 5.78 Å². The van der Waals surface area contributed by atoms with Crippen LogP contribution in [0.1, 0.15) is 71.1 Å². The minimum Gasteiger partial charge on any atom is -0.480 e. The van der Waals surface area contributed by atoms with Crippen LogP contribution in [0.3, 0.4) is 0 Å². The average molecular weight is 328 g/mol. The number of carbonyl (C=O) groups excluding carboxylic acids is 1. The number of carboxylic acid groups (broad SMARTS) is 1. The summed E-state index contributed by atoms with van der Waals surface area (Å²) in [6, 6.07) is 0. The third-order valence-corrected chi connectivity index (χ3v) is 3.96. The molecule has 0 rings (SSSR count). The highest BCUT2D eigenvalue weighted by molar-refractivity contribution is 5.83. The molecule has 0 saturated carbocycles. The zero-order chi connectivity index (χ0) is 17.3. The topological polar surface area (TPSA) is 69.6 Å². The van der Waals surface area contributed by atoms with Crippen molar-refractivity contribution in [3.05, 3.63) is 0 Å². The first-order valence-corrected chi connectivity index (χ1v) is 9.20. The highest BCUT2D eigenvalue weighted by Crippen LogP contribution is 2.10. The number of carbonyl (C=O) groups is 2. The minimum absolute atomic E-state index is 0.0424. The highest BCUT2D eigenvalue weighted by Gasteiger charge is 2.13.